The van der Waals surface area contributed by atoms with Crippen molar-refractivity contribution in [1.82, 2.24) is 9.97 Å². The predicted molar refractivity (Wildman–Crippen MR) is 82.8 cm³/mol. The molecule has 2 N–H and O–H groups in total. The van der Waals surface area contributed by atoms with Crippen LogP contribution in [0.1, 0.15) is 5.82 Å². The molecule has 0 aliphatic rings. The summed E-state index contributed by atoms with van der Waals surface area (Å²) in [5, 5.41) is 4.03. The van der Waals surface area contributed by atoms with Crippen LogP contribution in [0.2, 0.25) is 5.02 Å². The van der Waals surface area contributed by atoms with Crippen molar-refractivity contribution in [2.45, 2.75) is 6.54 Å². The number of benzene rings is 2. The molecular weight excluding hydrogens is 270 g/mol. The molecule has 0 atom stereocenters. The Kier molecular flexibility index (Phi) is 3.70. The second kappa shape index (κ2) is 5.80. The Morgan fingerprint density at radius 2 is 1.75 bits per heavy atom. The third-order valence-electron chi connectivity index (χ3n) is 3.03. The first-order chi connectivity index (χ1) is 9.83. The predicted octanol–water partition coefficient (Wildman–Crippen LogP) is 4.34. The number of aromatic amines is 1. The Labute approximate surface area is 122 Å². The third kappa shape index (κ3) is 2.83. The van der Waals surface area contributed by atoms with E-state index < -0.39 is 0 Å². The highest BCUT2D eigenvalue weighted by Gasteiger charge is 2.06. The van der Waals surface area contributed by atoms with Gasteiger partial charge in [-0.1, -0.05) is 48.0 Å². The molecule has 0 radical (unpaired) electrons. The lowest BCUT2D eigenvalue weighted by Gasteiger charge is -2.03. The molecule has 0 aliphatic heterocycles. The molecule has 100 valence electrons. The lowest BCUT2D eigenvalue weighted by molar-refractivity contribution is 1.00. The Hall–Kier alpha value is -2.26. The molecule has 3 nitrogen and oxygen atoms in total. The summed E-state index contributed by atoms with van der Waals surface area (Å²) >= 11 is 6.18. The standard InChI is InChI=1S/C16H14ClN3/c17-14-9-5-4-8-13(14)15-10-19-16(20-15)11-18-12-6-2-1-3-7-12/h1-10,18H,11H2,(H,19,20). The minimum atomic E-state index is 0.647. The van der Waals surface area contributed by atoms with E-state index in [4.69, 9.17) is 11.6 Å². The highest BCUT2D eigenvalue weighted by Crippen LogP contribution is 2.25. The molecule has 0 unspecified atom stereocenters. The number of H-pyrrole nitrogens is 1. The number of hydrogen-bond donors (Lipinski definition) is 2. The molecule has 0 bridgehead atoms. The minimum absolute atomic E-state index is 0.647. The van der Waals surface area contributed by atoms with E-state index >= 15 is 0 Å². The summed E-state index contributed by atoms with van der Waals surface area (Å²) in [6.45, 7) is 0.647. The molecule has 0 spiro atoms. The van der Waals surface area contributed by atoms with Gasteiger partial charge in [0.15, 0.2) is 0 Å². The summed E-state index contributed by atoms with van der Waals surface area (Å²) in [6, 6.07) is 17.8. The summed E-state index contributed by atoms with van der Waals surface area (Å²) in [7, 11) is 0. The largest absolute Gasteiger partial charge is 0.378 e. The van der Waals surface area contributed by atoms with E-state index in [0.717, 1.165) is 27.8 Å². The van der Waals surface area contributed by atoms with Crippen LogP contribution in [0.15, 0.2) is 60.8 Å². The normalized spacial score (nSPS) is 10.4. The Morgan fingerprint density at radius 1 is 1.00 bits per heavy atom. The molecule has 0 amide bonds. The van der Waals surface area contributed by atoms with Gasteiger partial charge in [0.25, 0.3) is 0 Å². The first kappa shape index (κ1) is 12.8. The second-order valence-corrected chi connectivity index (χ2v) is 4.85. The van der Waals surface area contributed by atoms with Crippen LogP contribution >= 0.6 is 11.6 Å². The van der Waals surface area contributed by atoms with E-state index in [0.29, 0.717) is 6.54 Å². The Morgan fingerprint density at radius 3 is 2.55 bits per heavy atom. The topological polar surface area (TPSA) is 40.7 Å². The first-order valence-corrected chi connectivity index (χ1v) is 6.78. The highest BCUT2D eigenvalue weighted by atomic mass is 35.5. The van der Waals surface area contributed by atoms with E-state index in [1.165, 1.54) is 0 Å². The van der Waals surface area contributed by atoms with Crippen molar-refractivity contribution in [3.63, 3.8) is 0 Å². The van der Waals surface area contributed by atoms with Crippen molar-refractivity contribution in [3.8, 4) is 11.3 Å². The summed E-state index contributed by atoms with van der Waals surface area (Å²) < 4.78 is 0. The summed E-state index contributed by atoms with van der Waals surface area (Å²) in [4.78, 5) is 7.65. The fraction of sp³-hybridized carbons (Fsp3) is 0.0625. The van der Waals surface area contributed by atoms with Gasteiger partial charge in [-0.2, -0.15) is 0 Å². The van der Waals surface area contributed by atoms with Crippen molar-refractivity contribution in [3.05, 3.63) is 71.6 Å². The molecule has 2 aromatic carbocycles. The van der Waals surface area contributed by atoms with Gasteiger partial charge >= 0.3 is 0 Å². The zero-order chi connectivity index (χ0) is 13.8. The first-order valence-electron chi connectivity index (χ1n) is 6.40. The fourth-order valence-electron chi connectivity index (χ4n) is 2.01. The van der Waals surface area contributed by atoms with Crippen molar-refractivity contribution in [2.75, 3.05) is 5.32 Å². The molecule has 0 saturated carbocycles. The molecule has 0 aliphatic carbocycles. The van der Waals surface area contributed by atoms with E-state index in [1.807, 2.05) is 60.8 Å². The van der Waals surface area contributed by atoms with Crippen LogP contribution in [-0.2, 0) is 6.54 Å². The third-order valence-corrected chi connectivity index (χ3v) is 3.36. The molecule has 4 heteroatoms. The van der Waals surface area contributed by atoms with Gasteiger partial charge in [-0.15, -0.1) is 0 Å². The van der Waals surface area contributed by atoms with Crippen molar-refractivity contribution in [2.24, 2.45) is 0 Å². The second-order valence-electron chi connectivity index (χ2n) is 4.44. The molecule has 3 aromatic rings. The van der Waals surface area contributed by atoms with Crippen LogP contribution in [0.3, 0.4) is 0 Å². The number of hydrogen-bond acceptors (Lipinski definition) is 2. The van der Waals surface area contributed by atoms with Gasteiger partial charge in [-0.05, 0) is 18.2 Å². The number of aromatic nitrogens is 2. The van der Waals surface area contributed by atoms with Crippen LogP contribution < -0.4 is 5.32 Å². The zero-order valence-electron chi connectivity index (χ0n) is 10.8. The zero-order valence-corrected chi connectivity index (χ0v) is 11.6. The molecule has 0 fully saturated rings. The van der Waals surface area contributed by atoms with Crippen LogP contribution in [-0.4, -0.2) is 9.97 Å². The number of anilines is 1. The highest BCUT2D eigenvalue weighted by molar-refractivity contribution is 6.33. The maximum absolute atomic E-state index is 6.18. The molecule has 0 saturated heterocycles. The van der Waals surface area contributed by atoms with E-state index in [1.54, 1.807) is 0 Å². The number of nitrogens with zero attached hydrogens (tertiary/aromatic N) is 1. The van der Waals surface area contributed by atoms with Crippen molar-refractivity contribution < 1.29 is 0 Å². The number of rotatable bonds is 4. The van der Waals surface area contributed by atoms with Crippen LogP contribution in [0.25, 0.3) is 11.3 Å². The number of halogens is 1. The van der Waals surface area contributed by atoms with Crippen LogP contribution in [0, 0.1) is 0 Å². The maximum atomic E-state index is 6.18. The average Bonchev–Trinajstić information content (AvgIpc) is 2.95. The number of para-hydroxylation sites is 1. The number of imidazole rings is 1. The smallest absolute Gasteiger partial charge is 0.125 e. The average molecular weight is 284 g/mol. The SMILES string of the molecule is Clc1ccccc1-c1cnc(CNc2ccccc2)[nH]1. The summed E-state index contributed by atoms with van der Waals surface area (Å²) in [5.74, 6) is 0.878. The van der Waals surface area contributed by atoms with Crippen molar-refractivity contribution >= 4 is 17.3 Å². The lowest BCUT2D eigenvalue weighted by Crippen LogP contribution is -2.00. The molecule has 1 heterocycles. The quantitative estimate of drug-likeness (QED) is 0.748. The molecular formula is C16H14ClN3. The lowest BCUT2D eigenvalue weighted by atomic mass is 10.2. The van der Waals surface area contributed by atoms with Gasteiger partial charge in [0, 0.05) is 16.3 Å². The fourth-order valence-corrected chi connectivity index (χ4v) is 2.25. The number of nitrogens with one attached hydrogen (secondary N) is 2. The summed E-state index contributed by atoms with van der Waals surface area (Å²) in [5.41, 5.74) is 2.97. The van der Waals surface area contributed by atoms with E-state index in [-0.39, 0.29) is 0 Å². The monoisotopic (exact) mass is 283 g/mol. The Balaban J connectivity index is 1.73. The maximum Gasteiger partial charge on any atom is 0.125 e. The minimum Gasteiger partial charge on any atom is -0.378 e. The van der Waals surface area contributed by atoms with Gasteiger partial charge in [-0.3, -0.25) is 0 Å². The molecule has 1 aromatic heterocycles. The van der Waals surface area contributed by atoms with Gasteiger partial charge < -0.3 is 10.3 Å². The van der Waals surface area contributed by atoms with Gasteiger partial charge in [0.05, 0.1) is 18.4 Å². The van der Waals surface area contributed by atoms with Crippen LogP contribution in [0.4, 0.5) is 5.69 Å². The van der Waals surface area contributed by atoms with Gasteiger partial charge in [-0.25, -0.2) is 4.98 Å². The molecule has 20 heavy (non-hydrogen) atoms. The van der Waals surface area contributed by atoms with E-state index in [9.17, 15) is 0 Å². The summed E-state index contributed by atoms with van der Waals surface area (Å²) in [6.07, 6.45) is 1.81. The van der Waals surface area contributed by atoms with E-state index in [2.05, 4.69) is 15.3 Å². The Bertz CT molecular complexity index is 692. The van der Waals surface area contributed by atoms with Gasteiger partial charge in [0.1, 0.15) is 5.82 Å². The molecule has 3 rings (SSSR count). The van der Waals surface area contributed by atoms with Crippen molar-refractivity contribution in [1.29, 1.82) is 0 Å². The van der Waals surface area contributed by atoms with Crippen LogP contribution in [0.5, 0.6) is 0 Å². The van der Waals surface area contributed by atoms with Gasteiger partial charge in [0.2, 0.25) is 0 Å².